The summed E-state index contributed by atoms with van der Waals surface area (Å²) in [6, 6.07) is 10.4. The summed E-state index contributed by atoms with van der Waals surface area (Å²) in [5.74, 6) is 0.212. The summed E-state index contributed by atoms with van der Waals surface area (Å²) in [5.41, 5.74) is 0.0926. The third-order valence-electron chi connectivity index (χ3n) is 4.69. The van der Waals surface area contributed by atoms with Gasteiger partial charge >= 0.3 is 0 Å². The first-order chi connectivity index (χ1) is 14.0. The SMILES string of the molecule is O=S(=O)(c1ccc2c(c1)OCCO2)c1nc(-c2ccccc2F)oc1NC1CC1. The van der Waals surface area contributed by atoms with E-state index in [0.717, 1.165) is 12.8 Å². The van der Waals surface area contributed by atoms with Crippen molar-refractivity contribution in [1.82, 2.24) is 4.98 Å². The molecule has 1 fully saturated rings. The number of hydrogen-bond acceptors (Lipinski definition) is 7. The number of halogens is 1. The van der Waals surface area contributed by atoms with E-state index in [1.165, 1.54) is 30.3 Å². The molecule has 1 saturated carbocycles. The second-order valence-electron chi connectivity index (χ2n) is 6.86. The van der Waals surface area contributed by atoms with E-state index in [1.54, 1.807) is 12.1 Å². The maximum atomic E-state index is 14.2. The molecule has 1 aromatic heterocycles. The van der Waals surface area contributed by atoms with Crippen molar-refractivity contribution in [3.63, 3.8) is 0 Å². The third kappa shape index (κ3) is 3.31. The number of oxazole rings is 1. The van der Waals surface area contributed by atoms with Crippen LogP contribution in [0.3, 0.4) is 0 Å². The minimum atomic E-state index is -4.05. The highest BCUT2D eigenvalue weighted by atomic mass is 32.2. The van der Waals surface area contributed by atoms with Crippen LogP contribution in [0.5, 0.6) is 11.5 Å². The van der Waals surface area contributed by atoms with Gasteiger partial charge in [-0.2, -0.15) is 4.98 Å². The van der Waals surface area contributed by atoms with E-state index < -0.39 is 15.7 Å². The average Bonchev–Trinajstić information content (AvgIpc) is 3.44. The molecule has 7 nitrogen and oxygen atoms in total. The molecule has 3 aromatic rings. The van der Waals surface area contributed by atoms with Crippen molar-refractivity contribution in [2.45, 2.75) is 28.8 Å². The van der Waals surface area contributed by atoms with Crippen molar-refractivity contribution >= 4 is 15.7 Å². The minimum Gasteiger partial charge on any atom is -0.486 e. The monoisotopic (exact) mass is 416 g/mol. The van der Waals surface area contributed by atoms with E-state index in [0.29, 0.717) is 24.7 Å². The van der Waals surface area contributed by atoms with Crippen molar-refractivity contribution in [2.24, 2.45) is 0 Å². The topological polar surface area (TPSA) is 90.7 Å². The average molecular weight is 416 g/mol. The molecule has 0 saturated heterocycles. The molecular weight excluding hydrogens is 399 g/mol. The first kappa shape index (κ1) is 18.0. The molecule has 0 spiro atoms. The molecule has 0 atom stereocenters. The first-order valence-corrected chi connectivity index (χ1v) is 10.7. The van der Waals surface area contributed by atoms with Gasteiger partial charge in [0.1, 0.15) is 19.0 Å². The molecule has 5 rings (SSSR count). The van der Waals surface area contributed by atoms with Crippen LogP contribution in [0.1, 0.15) is 12.8 Å². The van der Waals surface area contributed by atoms with Crippen molar-refractivity contribution in [3.05, 3.63) is 48.3 Å². The molecule has 2 aromatic carbocycles. The Bertz CT molecular complexity index is 1190. The van der Waals surface area contributed by atoms with Crippen molar-refractivity contribution in [2.75, 3.05) is 18.5 Å². The second-order valence-corrected chi connectivity index (χ2v) is 8.73. The van der Waals surface area contributed by atoms with E-state index in [9.17, 15) is 12.8 Å². The highest BCUT2D eigenvalue weighted by molar-refractivity contribution is 7.91. The lowest BCUT2D eigenvalue weighted by molar-refractivity contribution is 0.171. The third-order valence-corrected chi connectivity index (χ3v) is 6.35. The van der Waals surface area contributed by atoms with Gasteiger partial charge in [-0.25, -0.2) is 12.8 Å². The summed E-state index contributed by atoms with van der Waals surface area (Å²) in [4.78, 5) is 4.15. The Balaban J connectivity index is 1.61. The molecule has 1 aliphatic carbocycles. The molecule has 1 N–H and O–H groups in total. The summed E-state index contributed by atoms with van der Waals surface area (Å²) in [6.07, 6.45) is 1.80. The van der Waals surface area contributed by atoms with Gasteiger partial charge in [-0.1, -0.05) is 12.1 Å². The zero-order valence-corrected chi connectivity index (χ0v) is 16.0. The standard InChI is InChI=1S/C20H17FN2O5S/c21-15-4-2-1-3-14(15)18-23-20(19(28-18)22-12-5-6-12)29(24,25)13-7-8-16-17(11-13)27-10-9-26-16/h1-4,7-8,11-12,22H,5-6,9-10H2. The van der Waals surface area contributed by atoms with Crippen LogP contribution < -0.4 is 14.8 Å². The zero-order chi connectivity index (χ0) is 20.0. The molecular formula is C20H17FN2O5S. The number of rotatable bonds is 5. The Morgan fingerprint density at radius 2 is 1.79 bits per heavy atom. The quantitative estimate of drug-likeness (QED) is 0.679. The molecule has 9 heteroatoms. The second kappa shape index (κ2) is 6.77. The smallest absolute Gasteiger partial charge is 0.234 e. The minimum absolute atomic E-state index is 0.00557. The van der Waals surface area contributed by atoms with Crippen molar-refractivity contribution < 1.29 is 26.7 Å². The largest absolute Gasteiger partial charge is 0.486 e. The number of anilines is 1. The van der Waals surface area contributed by atoms with Crippen LogP contribution in [-0.4, -0.2) is 32.7 Å². The Morgan fingerprint density at radius 3 is 2.55 bits per heavy atom. The number of sulfone groups is 1. The van der Waals surface area contributed by atoms with Gasteiger partial charge < -0.3 is 19.2 Å². The molecule has 0 unspecified atom stereocenters. The Hall–Kier alpha value is -3.07. The summed E-state index contributed by atoms with van der Waals surface area (Å²) >= 11 is 0. The van der Waals surface area contributed by atoms with E-state index in [-0.39, 0.29) is 33.3 Å². The normalized spacial score (nSPS) is 15.9. The Morgan fingerprint density at radius 1 is 1.03 bits per heavy atom. The van der Waals surface area contributed by atoms with Crippen LogP contribution in [0.25, 0.3) is 11.5 Å². The number of hydrogen-bond donors (Lipinski definition) is 1. The maximum absolute atomic E-state index is 14.2. The lowest BCUT2D eigenvalue weighted by Gasteiger charge is -2.18. The van der Waals surface area contributed by atoms with Gasteiger partial charge in [0.25, 0.3) is 0 Å². The fourth-order valence-electron chi connectivity index (χ4n) is 3.04. The van der Waals surface area contributed by atoms with Gasteiger partial charge in [0, 0.05) is 12.1 Å². The zero-order valence-electron chi connectivity index (χ0n) is 15.2. The fourth-order valence-corrected chi connectivity index (χ4v) is 4.33. The lowest BCUT2D eigenvalue weighted by Crippen LogP contribution is -2.16. The molecule has 2 aliphatic rings. The predicted octanol–water partition coefficient (Wildman–Crippen LogP) is 3.66. The molecule has 0 bridgehead atoms. The first-order valence-electron chi connectivity index (χ1n) is 9.19. The van der Waals surface area contributed by atoms with E-state index in [4.69, 9.17) is 13.9 Å². The molecule has 150 valence electrons. The van der Waals surface area contributed by atoms with Gasteiger partial charge in [0.15, 0.2) is 11.5 Å². The van der Waals surface area contributed by atoms with Crippen LogP contribution in [0.4, 0.5) is 10.3 Å². The number of nitrogens with one attached hydrogen (secondary N) is 1. The number of fused-ring (bicyclic) bond motifs is 1. The fraction of sp³-hybridized carbons (Fsp3) is 0.250. The van der Waals surface area contributed by atoms with E-state index >= 15 is 0 Å². The highest BCUT2D eigenvalue weighted by Gasteiger charge is 2.33. The predicted molar refractivity (Wildman–Crippen MR) is 101 cm³/mol. The number of nitrogens with zero attached hydrogens (tertiary/aromatic N) is 1. The lowest BCUT2D eigenvalue weighted by atomic mass is 10.2. The summed E-state index contributed by atoms with van der Waals surface area (Å²) in [6.45, 7) is 0.746. The molecule has 0 radical (unpaired) electrons. The maximum Gasteiger partial charge on any atom is 0.234 e. The van der Waals surface area contributed by atoms with E-state index in [1.807, 2.05) is 0 Å². The van der Waals surface area contributed by atoms with Gasteiger partial charge in [0.05, 0.1) is 10.5 Å². The van der Waals surface area contributed by atoms with Crippen LogP contribution in [-0.2, 0) is 9.84 Å². The van der Waals surface area contributed by atoms with Gasteiger partial charge in [0.2, 0.25) is 26.6 Å². The Labute approximate surface area is 166 Å². The molecule has 2 heterocycles. The number of aromatic nitrogens is 1. The molecule has 29 heavy (non-hydrogen) atoms. The van der Waals surface area contributed by atoms with Crippen LogP contribution >= 0.6 is 0 Å². The highest BCUT2D eigenvalue weighted by Crippen LogP contribution is 2.38. The van der Waals surface area contributed by atoms with Gasteiger partial charge in [-0.15, -0.1) is 0 Å². The van der Waals surface area contributed by atoms with Crippen LogP contribution in [0.2, 0.25) is 0 Å². The molecule has 0 amide bonds. The van der Waals surface area contributed by atoms with Crippen molar-refractivity contribution in [3.8, 4) is 23.0 Å². The summed E-state index contributed by atoms with van der Waals surface area (Å²) in [7, 11) is -4.05. The number of benzene rings is 2. The van der Waals surface area contributed by atoms with Crippen LogP contribution in [0.15, 0.2) is 56.8 Å². The summed E-state index contributed by atoms with van der Waals surface area (Å²) in [5, 5.41) is 2.77. The van der Waals surface area contributed by atoms with Crippen molar-refractivity contribution in [1.29, 1.82) is 0 Å². The van der Waals surface area contributed by atoms with Gasteiger partial charge in [-0.3, -0.25) is 0 Å². The van der Waals surface area contributed by atoms with Crippen LogP contribution in [0, 0.1) is 5.82 Å². The summed E-state index contributed by atoms with van der Waals surface area (Å²) < 4.78 is 57.4. The van der Waals surface area contributed by atoms with E-state index in [2.05, 4.69) is 10.3 Å². The molecule has 1 aliphatic heterocycles. The van der Waals surface area contributed by atoms with Gasteiger partial charge in [-0.05, 0) is 37.1 Å². The Kier molecular flexibility index (Phi) is 4.20. The number of ether oxygens (including phenoxy) is 2.